The first-order valence-corrected chi connectivity index (χ1v) is 7.88. The number of ether oxygens (including phenoxy) is 1. The fraction of sp³-hybridized carbons (Fsp3) is 0.562. The van der Waals surface area contributed by atoms with Crippen LogP contribution in [0.1, 0.15) is 19.4 Å². The maximum atomic E-state index is 12.7. The summed E-state index contributed by atoms with van der Waals surface area (Å²) in [5.41, 5.74) is 0.980. The number of amides is 1. The molecule has 0 spiro atoms. The highest BCUT2D eigenvalue weighted by atomic mass is 35.5. The van der Waals surface area contributed by atoms with E-state index in [0.29, 0.717) is 31.3 Å². The second-order valence-electron chi connectivity index (χ2n) is 5.25. The lowest BCUT2D eigenvalue weighted by atomic mass is 10.0. The van der Waals surface area contributed by atoms with Gasteiger partial charge in [-0.1, -0.05) is 36.7 Å². The molecule has 1 heterocycles. The van der Waals surface area contributed by atoms with Gasteiger partial charge in [-0.15, -0.1) is 0 Å². The van der Waals surface area contributed by atoms with Crippen LogP contribution in [0.15, 0.2) is 24.3 Å². The van der Waals surface area contributed by atoms with Gasteiger partial charge in [0.1, 0.15) is 0 Å². The van der Waals surface area contributed by atoms with Crippen molar-refractivity contribution >= 4 is 17.5 Å². The van der Waals surface area contributed by atoms with Gasteiger partial charge in [-0.05, 0) is 25.1 Å². The Bertz CT molecular complexity index is 481. The van der Waals surface area contributed by atoms with Crippen molar-refractivity contribution in [1.29, 1.82) is 0 Å². The van der Waals surface area contributed by atoms with E-state index in [1.165, 1.54) is 0 Å². The lowest BCUT2D eigenvalue weighted by molar-refractivity contribution is -0.136. The summed E-state index contributed by atoms with van der Waals surface area (Å²) in [6.07, 6.45) is 0. The molecule has 2 rings (SSSR count). The maximum Gasteiger partial charge on any atom is 0.229 e. The molecule has 5 heteroatoms. The van der Waals surface area contributed by atoms with E-state index in [1.54, 1.807) is 0 Å². The lowest BCUT2D eigenvalue weighted by Gasteiger charge is -2.27. The van der Waals surface area contributed by atoms with Gasteiger partial charge in [-0.2, -0.15) is 0 Å². The van der Waals surface area contributed by atoms with E-state index in [9.17, 15) is 4.79 Å². The van der Waals surface area contributed by atoms with Crippen LogP contribution < -0.4 is 5.32 Å². The van der Waals surface area contributed by atoms with E-state index in [-0.39, 0.29) is 17.9 Å². The van der Waals surface area contributed by atoms with Crippen molar-refractivity contribution in [2.75, 3.05) is 26.3 Å². The highest BCUT2D eigenvalue weighted by Gasteiger charge is 2.35. The third kappa shape index (κ3) is 3.96. The Balaban J connectivity index is 2.06. The van der Waals surface area contributed by atoms with Gasteiger partial charge >= 0.3 is 0 Å². The number of carbonyl (C=O) groups excluding carboxylic acids is 1. The van der Waals surface area contributed by atoms with Crippen LogP contribution in [0.4, 0.5) is 0 Å². The molecule has 1 saturated heterocycles. The summed E-state index contributed by atoms with van der Waals surface area (Å²) in [6, 6.07) is 7.78. The first-order chi connectivity index (χ1) is 10.2. The quantitative estimate of drug-likeness (QED) is 0.876. The number of nitrogens with zero attached hydrogens (tertiary/aromatic N) is 1. The van der Waals surface area contributed by atoms with E-state index in [4.69, 9.17) is 16.3 Å². The molecular formula is C16H23ClN2O2. The molecule has 1 aliphatic rings. The van der Waals surface area contributed by atoms with E-state index in [0.717, 1.165) is 12.1 Å². The molecule has 2 unspecified atom stereocenters. The summed E-state index contributed by atoms with van der Waals surface area (Å²) >= 11 is 6.19. The van der Waals surface area contributed by atoms with Gasteiger partial charge < -0.3 is 15.0 Å². The molecule has 2 atom stereocenters. The molecule has 1 aliphatic heterocycles. The van der Waals surface area contributed by atoms with Crippen molar-refractivity contribution in [3.63, 3.8) is 0 Å². The van der Waals surface area contributed by atoms with Gasteiger partial charge in [0.25, 0.3) is 0 Å². The zero-order valence-corrected chi connectivity index (χ0v) is 13.4. The highest BCUT2D eigenvalue weighted by molar-refractivity contribution is 6.31. The van der Waals surface area contributed by atoms with Gasteiger partial charge in [0.15, 0.2) is 0 Å². The largest absolute Gasteiger partial charge is 0.379 e. The fourth-order valence-corrected chi connectivity index (χ4v) is 2.87. The van der Waals surface area contributed by atoms with Gasteiger partial charge in [0, 0.05) is 24.2 Å². The van der Waals surface area contributed by atoms with Crippen molar-refractivity contribution in [2.45, 2.75) is 26.4 Å². The zero-order valence-electron chi connectivity index (χ0n) is 12.6. The summed E-state index contributed by atoms with van der Waals surface area (Å²) in [5.74, 6) is 0.0354. The van der Waals surface area contributed by atoms with Gasteiger partial charge in [-0.3, -0.25) is 4.79 Å². The molecule has 0 saturated carbocycles. The van der Waals surface area contributed by atoms with Gasteiger partial charge in [-0.25, -0.2) is 0 Å². The third-order valence-electron chi connectivity index (χ3n) is 3.88. The molecule has 1 fully saturated rings. The number of hydrogen-bond acceptors (Lipinski definition) is 3. The van der Waals surface area contributed by atoms with Crippen molar-refractivity contribution in [3.8, 4) is 0 Å². The zero-order chi connectivity index (χ0) is 15.2. The van der Waals surface area contributed by atoms with Crippen molar-refractivity contribution in [2.24, 2.45) is 5.92 Å². The Kier molecular flexibility index (Phi) is 6.03. The number of likely N-dealkylation sites (N-methyl/N-ethyl adjacent to an activating group) is 1. The van der Waals surface area contributed by atoms with Crippen LogP contribution in [0.3, 0.4) is 0 Å². The van der Waals surface area contributed by atoms with Crippen molar-refractivity contribution in [3.05, 3.63) is 34.9 Å². The predicted molar refractivity (Wildman–Crippen MR) is 84.3 cm³/mol. The summed E-state index contributed by atoms with van der Waals surface area (Å²) < 4.78 is 5.48. The smallest absolute Gasteiger partial charge is 0.229 e. The summed E-state index contributed by atoms with van der Waals surface area (Å²) in [4.78, 5) is 14.6. The standard InChI is InChI=1S/C16H23ClN2O2/c1-3-18-15-11-21-10-13(15)16(20)19(4-2)9-12-7-5-6-8-14(12)17/h5-8,13,15,18H,3-4,9-11H2,1-2H3. The Morgan fingerprint density at radius 1 is 1.38 bits per heavy atom. The summed E-state index contributed by atoms with van der Waals surface area (Å²) in [6.45, 7) is 7.19. The minimum Gasteiger partial charge on any atom is -0.379 e. The third-order valence-corrected chi connectivity index (χ3v) is 4.25. The number of rotatable bonds is 6. The fourth-order valence-electron chi connectivity index (χ4n) is 2.67. The van der Waals surface area contributed by atoms with Crippen LogP contribution in [0.5, 0.6) is 0 Å². The molecule has 21 heavy (non-hydrogen) atoms. The van der Waals surface area contributed by atoms with E-state index < -0.39 is 0 Å². The van der Waals surface area contributed by atoms with Crippen LogP contribution in [-0.2, 0) is 16.1 Å². The number of nitrogens with one attached hydrogen (secondary N) is 1. The second kappa shape index (κ2) is 7.78. The minimum atomic E-state index is -0.104. The van der Waals surface area contributed by atoms with Gasteiger partial charge in [0.05, 0.1) is 19.1 Å². The molecule has 0 bridgehead atoms. The Hall–Kier alpha value is -1.10. The number of hydrogen-bond donors (Lipinski definition) is 1. The van der Waals surface area contributed by atoms with E-state index in [1.807, 2.05) is 43.0 Å². The first-order valence-electron chi connectivity index (χ1n) is 7.50. The number of carbonyl (C=O) groups is 1. The lowest BCUT2D eigenvalue weighted by Crippen LogP contribution is -2.45. The van der Waals surface area contributed by atoms with Crippen LogP contribution in [0.25, 0.3) is 0 Å². The van der Waals surface area contributed by atoms with Crippen molar-refractivity contribution < 1.29 is 9.53 Å². The highest BCUT2D eigenvalue weighted by Crippen LogP contribution is 2.21. The van der Waals surface area contributed by atoms with Gasteiger partial charge in [0.2, 0.25) is 5.91 Å². The van der Waals surface area contributed by atoms with Crippen LogP contribution >= 0.6 is 11.6 Å². The second-order valence-corrected chi connectivity index (χ2v) is 5.66. The normalized spacial score (nSPS) is 21.5. The number of halogens is 1. The Morgan fingerprint density at radius 3 is 2.81 bits per heavy atom. The average molecular weight is 311 g/mol. The van der Waals surface area contributed by atoms with E-state index >= 15 is 0 Å². The molecule has 4 nitrogen and oxygen atoms in total. The Morgan fingerprint density at radius 2 is 2.14 bits per heavy atom. The molecular weight excluding hydrogens is 288 g/mol. The molecule has 1 aromatic carbocycles. The topological polar surface area (TPSA) is 41.6 Å². The molecule has 1 N–H and O–H groups in total. The van der Waals surface area contributed by atoms with Crippen LogP contribution in [-0.4, -0.2) is 43.2 Å². The average Bonchev–Trinajstić information content (AvgIpc) is 2.94. The molecule has 1 aromatic rings. The minimum absolute atomic E-state index is 0.104. The predicted octanol–water partition coefficient (Wildman–Crippen LogP) is 2.31. The van der Waals surface area contributed by atoms with Crippen molar-refractivity contribution in [1.82, 2.24) is 10.2 Å². The van der Waals surface area contributed by atoms with Crippen LogP contribution in [0, 0.1) is 5.92 Å². The van der Waals surface area contributed by atoms with Crippen LogP contribution in [0.2, 0.25) is 5.02 Å². The SMILES string of the molecule is CCNC1COCC1C(=O)N(CC)Cc1ccccc1Cl. The molecule has 0 aliphatic carbocycles. The maximum absolute atomic E-state index is 12.7. The monoisotopic (exact) mass is 310 g/mol. The molecule has 116 valence electrons. The Labute approximate surface area is 131 Å². The molecule has 0 aromatic heterocycles. The van der Waals surface area contributed by atoms with E-state index in [2.05, 4.69) is 5.32 Å². The first kappa shape index (κ1) is 16.3. The molecule has 0 radical (unpaired) electrons. The number of benzene rings is 1. The summed E-state index contributed by atoms with van der Waals surface area (Å²) in [7, 11) is 0. The molecule has 1 amide bonds. The summed E-state index contributed by atoms with van der Waals surface area (Å²) in [5, 5.41) is 4.03.